The first kappa shape index (κ1) is 13.0. The Balaban J connectivity index is 2.11. The normalized spacial score (nSPS) is 11.1. The third kappa shape index (κ3) is 2.37. The number of hydrogen-bond donors (Lipinski definition) is 0. The summed E-state index contributed by atoms with van der Waals surface area (Å²) in [5.74, 6) is 1.24. The minimum absolute atomic E-state index is 0.328. The second kappa shape index (κ2) is 5.55. The molecule has 1 aromatic heterocycles. The first-order valence-electron chi connectivity index (χ1n) is 6.44. The molecule has 0 bridgehead atoms. The lowest BCUT2D eigenvalue weighted by Gasteiger charge is -2.07. The Morgan fingerprint density at radius 2 is 1.85 bits per heavy atom. The standard InChI is InChI=1S/C16H13ClO3/c17-8-3-9-19-11-6-7-13-12-4-1-2-5-14(12)16(18)20-15(13)10-11/h1-2,4-7,10H,3,8-9H2. The van der Waals surface area contributed by atoms with E-state index in [0.717, 1.165) is 17.2 Å². The zero-order valence-corrected chi connectivity index (χ0v) is 11.5. The number of hydrogen-bond acceptors (Lipinski definition) is 3. The van der Waals surface area contributed by atoms with Gasteiger partial charge in [0.15, 0.2) is 0 Å². The number of halogens is 1. The zero-order valence-electron chi connectivity index (χ0n) is 10.8. The van der Waals surface area contributed by atoms with Crippen LogP contribution in [0.15, 0.2) is 51.7 Å². The molecule has 0 radical (unpaired) electrons. The maximum absolute atomic E-state index is 11.9. The van der Waals surface area contributed by atoms with Crippen LogP contribution in [0.1, 0.15) is 6.42 Å². The number of alkyl halides is 1. The van der Waals surface area contributed by atoms with E-state index in [1.165, 1.54) is 0 Å². The van der Waals surface area contributed by atoms with E-state index >= 15 is 0 Å². The van der Waals surface area contributed by atoms with Crippen LogP contribution >= 0.6 is 11.6 Å². The van der Waals surface area contributed by atoms with E-state index in [-0.39, 0.29) is 5.63 Å². The van der Waals surface area contributed by atoms with Gasteiger partial charge in [-0.3, -0.25) is 0 Å². The topological polar surface area (TPSA) is 39.4 Å². The molecule has 0 N–H and O–H groups in total. The van der Waals surface area contributed by atoms with Crippen molar-refractivity contribution >= 4 is 33.3 Å². The summed E-state index contributed by atoms with van der Waals surface area (Å²) in [4.78, 5) is 11.9. The fourth-order valence-corrected chi connectivity index (χ4v) is 2.30. The Morgan fingerprint density at radius 1 is 1.05 bits per heavy atom. The van der Waals surface area contributed by atoms with Crippen LogP contribution in [0.25, 0.3) is 21.7 Å². The van der Waals surface area contributed by atoms with Gasteiger partial charge in [0.25, 0.3) is 0 Å². The van der Waals surface area contributed by atoms with Crippen molar-refractivity contribution in [3.05, 3.63) is 52.9 Å². The van der Waals surface area contributed by atoms with Crippen LogP contribution < -0.4 is 10.4 Å². The molecule has 3 rings (SSSR count). The molecule has 102 valence electrons. The van der Waals surface area contributed by atoms with Gasteiger partial charge in [0, 0.05) is 17.3 Å². The second-order valence-electron chi connectivity index (χ2n) is 4.48. The quantitative estimate of drug-likeness (QED) is 0.316. The lowest BCUT2D eigenvalue weighted by Crippen LogP contribution is -2.01. The molecule has 4 heteroatoms. The highest BCUT2D eigenvalue weighted by atomic mass is 35.5. The minimum Gasteiger partial charge on any atom is -0.493 e. The Hall–Kier alpha value is -2.00. The van der Waals surface area contributed by atoms with Gasteiger partial charge in [-0.15, -0.1) is 11.6 Å². The summed E-state index contributed by atoms with van der Waals surface area (Å²) in [6, 6.07) is 13.0. The van der Waals surface area contributed by atoms with Gasteiger partial charge in [-0.25, -0.2) is 4.79 Å². The molecule has 3 aromatic rings. The van der Waals surface area contributed by atoms with E-state index in [4.69, 9.17) is 20.8 Å². The van der Waals surface area contributed by atoms with Crippen molar-refractivity contribution in [2.45, 2.75) is 6.42 Å². The van der Waals surface area contributed by atoms with E-state index in [9.17, 15) is 4.79 Å². The summed E-state index contributed by atoms with van der Waals surface area (Å²) in [5, 5.41) is 2.40. The minimum atomic E-state index is -0.328. The van der Waals surface area contributed by atoms with Gasteiger partial charge >= 0.3 is 5.63 Å². The molecule has 0 atom stereocenters. The van der Waals surface area contributed by atoms with Crippen molar-refractivity contribution in [3.63, 3.8) is 0 Å². The average Bonchev–Trinajstić information content (AvgIpc) is 2.48. The van der Waals surface area contributed by atoms with Gasteiger partial charge in [0.05, 0.1) is 12.0 Å². The van der Waals surface area contributed by atoms with Gasteiger partial charge in [-0.05, 0) is 30.0 Å². The maximum atomic E-state index is 11.9. The molecule has 0 unspecified atom stereocenters. The van der Waals surface area contributed by atoms with Crippen molar-refractivity contribution in [1.29, 1.82) is 0 Å². The van der Waals surface area contributed by atoms with Crippen molar-refractivity contribution in [2.24, 2.45) is 0 Å². The molecule has 0 saturated carbocycles. The highest BCUT2D eigenvalue weighted by molar-refractivity contribution is 6.17. The summed E-state index contributed by atoms with van der Waals surface area (Å²) < 4.78 is 10.9. The summed E-state index contributed by atoms with van der Waals surface area (Å²) >= 11 is 5.61. The molecule has 20 heavy (non-hydrogen) atoms. The summed E-state index contributed by atoms with van der Waals surface area (Å²) in [7, 11) is 0. The predicted molar refractivity (Wildman–Crippen MR) is 80.8 cm³/mol. The van der Waals surface area contributed by atoms with Crippen molar-refractivity contribution in [3.8, 4) is 5.75 Å². The third-order valence-corrected chi connectivity index (χ3v) is 3.41. The molecule has 0 saturated heterocycles. The second-order valence-corrected chi connectivity index (χ2v) is 4.86. The Morgan fingerprint density at radius 3 is 2.65 bits per heavy atom. The van der Waals surface area contributed by atoms with Crippen LogP contribution in [0, 0.1) is 0 Å². The van der Waals surface area contributed by atoms with Crippen LogP contribution in [-0.4, -0.2) is 12.5 Å². The highest BCUT2D eigenvalue weighted by Gasteiger charge is 2.07. The van der Waals surface area contributed by atoms with Gasteiger partial charge < -0.3 is 9.15 Å². The number of ether oxygens (including phenoxy) is 1. The lowest BCUT2D eigenvalue weighted by atomic mass is 10.1. The highest BCUT2D eigenvalue weighted by Crippen LogP contribution is 2.26. The molecule has 0 spiro atoms. The molecule has 0 amide bonds. The Labute approximate surface area is 120 Å². The van der Waals surface area contributed by atoms with Crippen molar-refractivity contribution in [1.82, 2.24) is 0 Å². The molecule has 0 aliphatic heterocycles. The first-order valence-corrected chi connectivity index (χ1v) is 6.97. The monoisotopic (exact) mass is 288 g/mol. The average molecular weight is 289 g/mol. The van der Waals surface area contributed by atoms with Gasteiger partial charge in [-0.1, -0.05) is 18.2 Å². The number of fused-ring (bicyclic) bond motifs is 3. The number of rotatable bonds is 4. The molecular weight excluding hydrogens is 276 g/mol. The van der Waals surface area contributed by atoms with Crippen LogP contribution in [0.5, 0.6) is 5.75 Å². The summed E-state index contributed by atoms with van der Waals surface area (Å²) in [5.41, 5.74) is 0.211. The fourth-order valence-electron chi connectivity index (χ4n) is 2.19. The van der Waals surface area contributed by atoms with E-state index in [0.29, 0.717) is 29.2 Å². The number of benzene rings is 2. The fraction of sp³-hybridized carbons (Fsp3) is 0.188. The lowest BCUT2D eigenvalue weighted by molar-refractivity contribution is 0.318. The van der Waals surface area contributed by atoms with Crippen LogP contribution in [0.2, 0.25) is 0 Å². The Bertz CT molecular complexity index is 808. The third-order valence-electron chi connectivity index (χ3n) is 3.14. The molecule has 1 heterocycles. The van der Waals surface area contributed by atoms with Crippen molar-refractivity contribution < 1.29 is 9.15 Å². The SMILES string of the molecule is O=c1oc2cc(OCCCCl)ccc2c2ccccc12. The maximum Gasteiger partial charge on any atom is 0.344 e. The van der Waals surface area contributed by atoms with Crippen LogP contribution in [-0.2, 0) is 0 Å². The van der Waals surface area contributed by atoms with E-state index in [2.05, 4.69) is 0 Å². The molecule has 3 nitrogen and oxygen atoms in total. The van der Waals surface area contributed by atoms with Crippen molar-refractivity contribution in [2.75, 3.05) is 12.5 Å². The van der Waals surface area contributed by atoms with Gasteiger partial charge in [-0.2, -0.15) is 0 Å². The molecule has 0 fully saturated rings. The smallest absolute Gasteiger partial charge is 0.344 e. The van der Waals surface area contributed by atoms with E-state index in [1.807, 2.05) is 30.3 Å². The summed E-state index contributed by atoms with van der Waals surface area (Å²) in [6.07, 6.45) is 0.779. The van der Waals surface area contributed by atoms with E-state index < -0.39 is 0 Å². The zero-order chi connectivity index (χ0) is 13.9. The molecule has 0 aliphatic carbocycles. The van der Waals surface area contributed by atoms with Crippen LogP contribution in [0.4, 0.5) is 0 Å². The summed E-state index contributed by atoms with van der Waals surface area (Å²) in [6.45, 7) is 0.548. The largest absolute Gasteiger partial charge is 0.493 e. The molecular formula is C16H13ClO3. The van der Waals surface area contributed by atoms with Gasteiger partial charge in [0.2, 0.25) is 0 Å². The molecule has 0 aliphatic rings. The van der Waals surface area contributed by atoms with Gasteiger partial charge in [0.1, 0.15) is 11.3 Å². The molecule has 2 aromatic carbocycles. The van der Waals surface area contributed by atoms with Crippen LogP contribution in [0.3, 0.4) is 0 Å². The predicted octanol–water partition coefficient (Wildman–Crippen LogP) is 3.95. The Kier molecular flexibility index (Phi) is 3.61. The first-order chi connectivity index (χ1) is 9.79. The van der Waals surface area contributed by atoms with E-state index in [1.54, 1.807) is 12.1 Å².